The van der Waals surface area contributed by atoms with Gasteiger partial charge >= 0.3 is 0 Å². The molecule has 0 bridgehead atoms. The average molecular weight is 366 g/mol. The van der Waals surface area contributed by atoms with Crippen LogP contribution in [0.4, 0.5) is 5.69 Å². The number of pyridine rings is 1. The second-order valence-electron chi connectivity index (χ2n) is 6.44. The van der Waals surface area contributed by atoms with Gasteiger partial charge in [0.1, 0.15) is 11.4 Å². The summed E-state index contributed by atoms with van der Waals surface area (Å²) < 4.78 is 7.18. The highest BCUT2D eigenvalue weighted by atomic mass is 16.5. The quantitative estimate of drug-likeness (QED) is 0.723. The third-order valence-electron chi connectivity index (χ3n) is 4.07. The molecule has 0 saturated carbocycles. The van der Waals surface area contributed by atoms with E-state index in [1.807, 2.05) is 31.2 Å². The van der Waals surface area contributed by atoms with Crippen LogP contribution in [0.3, 0.4) is 0 Å². The maximum Gasteiger partial charge on any atom is 0.259 e. The van der Waals surface area contributed by atoms with Gasteiger partial charge in [0.05, 0.1) is 17.9 Å². The normalized spacial score (nSPS) is 10.6. The maximum absolute atomic E-state index is 12.2. The van der Waals surface area contributed by atoms with Crippen LogP contribution in [-0.4, -0.2) is 40.9 Å². The molecule has 0 aliphatic rings. The molecule has 0 saturated heterocycles. The van der Waals surface area contributed by atoms with Gasteiger partial charge in [-0.15, -0.1) is 0 Å². The minimum absolute atomic E-state index is 0.0410. The molecule has 0 atom stereocenters. The van der Waals surface area contributed by atoms with Crippen LogP contribution in [0.15, 0.2) is 53.5 Å². The van der Waals surface area contributed by atoms with Crippen LogP contribution in [0.1, 0.15) is 11.3 Å². The van der Waals surface area contributed by atoms with Crippen molar-refractivity contribution in [2.45, 2.75) is 13.5 Å². The van der Waals surface area contributed by atoms with Gasteiger partial charge in [-0.25, -0.2) is 4.98 Å². The van der Waals surface area contributed by atoms with Gasteiger partial charge in [0, 0.05) is 26.4 Å². The van der Waals surface area contributed by atoms with Crippen molar-refractivity contribution < 1.29 is 9.53 Å². The summed E-state index contributed by atoms with van der Waals surface area (Å²) in [6, 6.07) is 12.6. The Balaban J connectivity index is 1.78. The van der Waals surface area contributed by atoms with E-state index in [0.717, 1.165) is 11.3 Å². The molecule has 1 N–H and O–H groups in total. The average Bonchev–Trinajstić information content (AvgIpc) is 2.65. The van der Waals surface area contributed by atoms with Crippen molar-refractivity contribution in [3.05, 3.63) is 70.3 Å². The molecule has 0 unspecified atom stereocenters. The first-order valence-corrected chi connectivity index (χ1v) is 8.59. The third kappa shape index (κ3) is 4.44. The molecule has 7 heteroatoms. The molecule has 2 heterocycles. The van der Waals surface area contributed by atoms with Crippen LogP contribution in [0.2, 0.25) is 0 Å². The number of nitrogens with one attached hydrogen (secondary N) is 1. The van der Waals surface area contributed by atoms with Gasteiger partial charge in [-0.1, -0.05) is 12.1 Å². The summed E-state index contributed by atoms with van der Waals surface area (Å²) in [6.45, 7) is 2.28. The minimum Gasteiger partial charge on any atom is -0.482 e. The molecule has 27 heavy (non-hydrogen) atoms. The predicted octanol–water partition coefficient (Wildman–Crippen LogP) is 2.08. The van der Waals surface area contributed by atoms with Crippen molar-refractivity contribution in [3.8, 4) is 5.75 Å². The van der Waals surface area contributed by atoms with Crippen molar-refractivity contribution in [2.24, 2.45) is 0 Å². The van der Waals surface area contributed by atoms with Crippen molar-refractivity contribution in [1.29, 1.82) is 0 Å². The Bertz CT molecular complexity index is 1030. The number of carbonyl (C=O) groups is 1. The zero-order chi connectivity index (χ0) is 19.4. The number of rotatable bonds is 6. The number of benzene rings is 1. The fourth-order valence-electron chi connectivity index (χ4n) is 2.54. The van der Waals surface area contributed by atoms with Crippen molar-refractivity contribution in [2.75, 3.05) is 26.0 Å². The Morgan fingerprint density at radius 1 is 1.22 bits per heavy atom. The Morgan fingerprint density at radius 2 is 2.04 bits per heavy atom. The summed E-state index contributed by atoms with van der Waals surface area (Å²) in [5.41, 5.74) is 2.85. The lowest BCUT2D eigenvalue weighted by molar-refractivity contribution is -0.130. The Hall–Kier alpha value is -3.35. The van der Waals surface area contributed by atoms with Crippen molar-refractivity contribution in [3.63, 3.8) is 0 Å². The predicted molar refractivity (Wildman–Crippen MR) is 104 cm³/mol. The Kier molecular flexibility index (Phi) is 5.40. The van der Waals surface area contributed by atoms with E-state index in [4.69, 9.17) is 4.74 Å². The summed E-state index contributed by atoms with van der Waals surface area (Å²) in [7, 11) is 3.37. The zero-order valence-corrected chi connectivity index (χ0v) is 15.6. The Morgan fingerprint density at radius 3 is 2.81 bits per heavy atom. The number of aryl methyl sites for hydroxylation is 1. The van der Waals surface area contributed by atoms with Gasteiger partial charge in [0.2, 0.25) is 0 Å². The monoisotopic (exact) mass is 366 g/mol. The SMILES string of the molecule is Cc1ccc(NCc2cc(=O)n3ccccc3n2)c(OCC(=O)N(C)C)c1. The molecular formula is C20H22N4O3. The number of carbonyl (C=O) groups excluding carboxylic acids is 1. The fourth-order valence-corrected chi connectivity index (χ4v) is 2.54. The van der Waals surface area contributed by atoms with E-state index >= 15 is 0 Å². The van der Waals surface area contributed by atoms with Crippen LogP contribution in [0, 0.1) is 6.92 Å². The van der Waals surface area contributed by atoms with E-state index in [-0.39, 0.29) is 18.1 Å². The largest absolute Gasteiger partial charge is 0.482 e. The fraction of sp³-hybridized carbons (Fsp3) is 0.250. The second kappa shape index (κ2) is 7.90. The summed E-state index contributed by atoms with van der Waals surface area (Å²) in [6.07, 6.45) is 1.69. The first-order chi connectivity index (χ1) is 12.9. The number of aromatic nitrogens is 2. The van der Waals surface area contributed by atoms with Gasteiger partial charge in [-0.3, -0.25) is 14.0 Å². The van der Waals surface area contributed by atoms with E-state index in [2.05, 4.69) is 10.3 Å². The highest BCUT2D eigenvalue weighted by molar-refractivity contribution is 5.77. The summed E-state index contributed by atoms with van der Waals surface area (Å²) in [5, 5.41) is 3.24. The van der Waals surface area contributed by atoms with Gasteiger partial charge in [-0.05, 0) is 36.8 Å². The Labute approximate surface area is 157 Å². The molecule has 0 fully saturated rings. The number of fused-ring (bicyclic) bond motifs is 1. The summed E-state index contributed by atoms with van der Waals surface area (Å²) in [4.78, 5) is 30.0. The van der Waals surface area contributed by atoms with Gasteiger partial charge < -0.3 is 15.0 Å². The lowest BCUT2D eigenvalue weighted by Crippen LogP contribution is -2.27. The first-order valence-electron chi connectivity index (χ1n) is 8.59. The van der Waals surface area contributed by atoms with E-state index < -0.39 is 0 Å². The number of amides is 1. The molecule has 7 nitrogen and oxygen atoms in total. The van der Waals surface area contributed by atoms with Crippen LogP contribution in [-0.2, 0) is 11.3 Å². The zero-order valence-electron chi connectivity index (χ0n) is 15.6. The van der Waals surface area contributed by atoms with Gasteiger partial charge in [0.15, 0.2) is 6.61 Å². The first kappa shape index (κ1) is 18.4. The highest BCUT2D eigenvalue weighted by Crippen LogP contribution is 2.26. The molecule has 3 rings (SSSR count). The number of hydrogen-bond acceptors (Lipinski definition) is 5. The van der Waals surface area contributed by atoms with E-state index in [0.29, 0.717) is 23.6 Å². The molecule has 0 aliphatic heterocycles. The van der Waals surface area contributed by atoms with Gasteiger partial charge in [0.25, 0.3) is 11.5 Å². The number of anilines is 1. The van der Waals surface area contributed by atoms with E-state index in [1.165, 1.54) is 15.4 Å². The van der Waals surface area contributed by atoms with Crippen LogP contribution < -0.4 is 15.6 Å². The minimum atomic E-state index is -0.130. The summed E-state index contributed by atoms with van der Waals surface area (Å²) >= 11 is 0. The standard InChI is InChI=1S/C20H22N4O3/c1-14-7-8-16(17(10-14)27-13-20(26)23(2)3)21-12-15-11-19(25)24-9-5-4-6-18(24)22-15/h4-11,21H,12-13H2,1-3H3. The van der Waals surface area contributed by atoms with Crippen LogP contribution >= 0.6 is 0 Å². The number of nitrogens with zero attached hydrogens (tertiary/aromatic N) is 3. The number of likely N-dealkylation sites (N-methyl/N-ethyl adjacent to an activating group) is 1. The topological polar surface area (TPSA) is 75.9 Å². The maximum atomic E-state index is 12.2. The van der Waals surface area contributed by atoms with E-state index in [1.54, 1.807) is 32.4 Å². The van der Waals surface area contributed by atoms with Crippen molar-refractivity contribution in [1.82, 2.24) is 14.3 Å². The summed E-state index contributed by atoms with van der Waals surface area (Å²) in [5.74, 6) is 0.467. The molecule has 140 valence electrons. The molecule has 0 aliphatic carbocycles. The molecule has 2 aromatic heterocycles. The lowest BCUT2D eigenvalue weighted by atomic mass is 10.2. The van der Waals surface area contributed by atoms with Crippen LogP contribution in [0.25, 0.3) is 5.65 Å². The molecule has 1 aromatic carbocycles. The molecule has 1 amide bonds. The number of ether oxygens (including phenoxy) is 1. The lowest BCUT2D eigenvalue weighted by Gasteiger charge is -2.15. The van der Waals surface area contributed by atoms with Crippen molar-refractivity contribution >= 4 is 17.2 Å². The van der Waals surface area contributed by atoms with E-state index in [9.17, 15) is 9.59 Å². The molecule has 0 radical (unpaired) electrons. The molecule has 3 aromatic rings. The van der Waals surface area contributed by atoms with Gasteiger partial charge in [-0.2, -0.15) is 0 Å². The highest BCUT2D eigenvalue weighted by Gasteiger charge is 2.10. The molecule has 0 spiro atoms. The third-order valence-corrected chi connectivity index (χ3v) is 4.07. The number of hydrogen-bond donors (Lipinski definition) is 1. The van der Waals surface area contributed by atoms with Crippen LogP contribution in [0.5, 0.6) is 5.75 Å². The second-order valence-corrected chi connectivity index (χ2v) is 6.44. The smallest absolute Gasteiger partial charge is 0.259 e. The molecular weight excluding hydrogens is 344 g/mol.